The van der Waals surface area contributed by atoms with E-state index in [0.717, 1.165) is 11.3 Å². The Labute approximate surface area is 129 Å². The lowest BCUT2D eigenvalue weighted by molar-refractivity contribution is 0.306. The number of benzene rings is 1. The normalized spacial score (nSPS) is 15.5. The molecule has 0 saturated heterocycles. The van der Waals surface area contributed by atoms with Gasteiger partial charge in [-0.25, -0.2) is 8.42 Å². The van der Waals surface area contributed by atoms with E-state index in [0.29, 0.717) is 31.1 Å². The second kappa shape index (κ2) is 5.73. The van der Waals surface area contributed by atoms with Gasteiger partial charge in [-0.2, -0.15) is 4.31 Å². The lowest BCUT2D eigenvalue weighted by atomic mass is 10.1. The molecule has 0 bridgehead atoms. The topological polar surface area (TPSA) is 72.6 Å². The van der Waals surface area contributed by atoms with Crippen molar-refractivity contribution in [3.05, 3.63) is 41.3 Å². The quantitative estimate of drug-likeness (QED) is 0.862. The van der Waals surface area contributed by atoms with Crippen LogP contribution in [0.3, 0.4) is 0 Å². The van der Waals surface area contributed by atoms with Crippen molar-refractivity contribution in [1.29, 1.82) is 0 Å². The SMILES string of the molecule is CCOc1ccc(S(=O)(=O)N2CCc3c(C)noc3C2)cc1. The molecule has 0 radical (unpaired) electrons. The zero-order chi connectivity index (χ0) is 15.7. The highest BCUT2D eigenvalue weighted by Crippen LogP contribution is 2.27. The van der Waals surface area contributed by atoms with Crippen molar-refractivity contribution in [2.24, 2.45) is 0 Å². The minimum Gasteiger partial charge on any atom is -0.494 e. The predicted octanol–water partition coefficient (Wildman–Crippen LogP) is 2.13. The van der Waals surface area contributed by atoms with E-state index in [9.17, 15) is 8.42 Å². The maximum Gasteiger partial charge on any atom is 0.243 e. The van der Waals surface area contributed by atoms with Gasteiger partial charge in [0.05, 0.1) is 23.7 Å². The lowest BCUT2D eigenvalue weighted by Crippen LogP contribution is -2.35. The largest absolute Gasteiger partial charge is 0.494 e. The Morgan fingerprint density at radius 1 is 1.32 bits per heavy atom. The maximum absolute atomic E-state index is 12.7. The van der Waals surface area contributed by atoms with Gasteiger partial charge in [0.25, 0.3) is 0 Å². The van der Waals surface area contributed by atoms with Crippen molar-refractivity contribution in [1.82, 2.24) is 9.46 Å². The molecule has 0 amide bonds. The zero-order valence-electron chi connectivity index (χ0n) is 12.6. The summed E-state index contributed by atoms with van der Waals surface area (Å²) in [4.78, 5) is 0.260. The molecule has 1 aromatic heterocycles. The van der Waals surface area contributed by atoms with Gasteiger partial charge in [0.15, 0.2) is 5.76 Å². The minimum absolute atomic E-state index is 0.228. The number of fused-ring (bicyclic) bond motifs is 1. The molecule has 0 N–H and O–H groups in total. The van der Waals surface area contributed by atoms with Crippen LogP contribution in [-0.2, 0) is 23.0 Å². The molecular weight excluding hydrogens is 304 g/mol. The molecule has 1 aliphatic rings. The Kier molecular flexibility index (Phi) is 3.92. The van der Waals surface area contributed by atoms with Gasteiger partial charge in [-0.15, -0.1) is 0 Å². The van der Waals surface area contributed by atoms with Crippen molar-refractivity contribution in [3.8, 4) is 5.75 Å². The molecule has 118 valence electrons. The molecule has 7 heteroatoms. The molecule has 0 aliphatic carbocycles. The summed E-state index contributed by atoms with van der Waals surface area (Å²) >= 11 is 0. The summed E-state index contributed by atoms with van der Waals surface area (Å²) in [6.45, 7) is 4.97. The van der Waals surface area contributed by atoms with Crippen LogP contribution in [0.25, 0.3) is 0 Å². The third-order valence-electron chi connectivity index (χ3n) is 3.77. The van der Waals surface area contributed by atoms with E-state index >= 15 is 0 Å². The van der Waals surface area contributed by atoms with E-state index in [1.807, 2.05) is 13.8 Å². The Morgan fingerprint density at radius 2 is 2.05 bits per heavy atom. The molecule has 1 aromatic carbocycles. The Morgan fingerprint density at radius 3 is 2.73 bits per heavy atom. The van der Waals surface area contributed by atoms with Gasteiger partial charge in [-0.3, -0.25) is 0 Å². The van der Waals surface area contributed by atoms with E-state index in [4.69, 9.17) is 9.26 Å². The van der Waals surface area contributed by atoms with Gasteiger partial charge >= 0.3 is 0 Å². The summed E-state index contributed by atoms with van der Waals surface area (Å²) in [5, 5.41) is 3.91. The van der Waals surface area contributed by atoms with Crippen LogP contribution in [-0.4, -0.2) is 31.0 Å². The van der Waals surface area contributed by atoms with Crippen LogP contribution < -0.4 is 4.74 Å². The van der Waals surface area contributed by atoms with E-state index in [1.54, 1.807) is 24.3 Å². The highest BCUT2D eigenvalue weighted by atomic mass is 32.2. The van der Waals surface area contributed by atoms with Crippen molar-refractivity contribution in [2.45, 2.75) is 31.7 Å². The second-order valence-corrected chi connectivity index (χ2v) is 7.10. The molecule has 2 aromatic rings. The van der Waals surface area contributed by atoms with E-state index in [2.05, 4.69) is 5.16 Å². The molecule has 1 aliphatic heterocycles. The number of ether oxygens (including phenoxy) is 1. The smallest absolute Gasteiger partial charge is 0.243 e. The minimum atomic E-state index is -3.54. The third kappa shape index (κ3) is 2.62. The number of aryl methyl sites for hydroxylation is 1. The molecule has 22 heavy (non-hydrogen) atoms. The molecule has 2 heterocycles. The first-order chi connectivity index (χ1) is 10.5. The summed E-state index contributed by atoms with van der Waals surface area (Å²) in [5.41, 5.74) is 1.87. The number of hydrogen-bond acceptors (Lipinski definition) is 5. The fourth-order valence-corrected chi connectivity index (χ4v) is 3.98. The number of sulfonamides is 1. The highest BCUT2D eigenvalue weighted by molar-refractivity contribution is 7.89. The molecule has 6 nitrogen and oxygen atoms in total. The number of hydrogen-bond donors (Lipinski definition) is 0. The Hall–Kier alpha value is -1.86. The average Bonchev–Trinajstić information content (AvgIpc) is 2.89. The van der Waals surface area contributed by atoms with Crippen LogP contribution >= 0.6 is 0 Å². The lowest BCUT2D eigenvalue weighted by Gasteiger charge is -2.25. The first-order valence-corrected chi connectivity index (χ1v) is 8.63. The Balaban J connectivity index is 1.84. The number of nitrogens with zero attached hydrogens (tertiary/aromatic N) is 2. The van der Waals surface area contributed by atoms with Crippen molar-refractivity contribution in [2.75, 3.05) is 13.2 Å². The molecule has 0 spiro atoms. The molecule has 0 fully saturated rings. The van der Waals surface area contributed by atoms with Crippen LogP contribution in [0, 0.1) is 6.92 Å². The second-order valence-electron chi connectivity index (χ2n) is 5.16. The third-order valence-corrected chi connectivity index (χ3v) is 5.63. The van der Waals surface area contributed by atoms with E-state index < -0.39 is 10.0 Å². The highest BCUT2D eigenvalue weighted by Gasteiger charge is 2.31. The molecule has 0 atom stereocenters. The molecule has 3 rings (SSSR count). The van der Waals surface area contributed by atoms with Gasteiger partial charge in [-0.1, -0.05) is 5.16 Å². The molecular formula is C15H18N2O4S. The first-order valence-electron chi connectivity index (χ1n) is 7.19. The van der Waals surface area contributed by atoms with Crippen LogP contribution in [0.4, 0.5) is 0 Å². The van der Waals surface area contributed by atoms with Gasteiger partial charge in [0, 0.05) is 12.1 Å². The summed E-state index contributed by atoms with van der Waals surface area (Å²) in [7, 11) is -3.54. The van der Waals surface area contributed by atoms with Crippen molar-refractivity contribution >= 4 is 10.0 Å². The molecule has 0 unspecified atom stereocenters. The number of rotatable bonds is 4. The van der Waals surface area contributed by atoms with Crippen LogP contribution in [0.1, 0.15) is 23.9 Å². The summed E-state index contributed by atoms with van der Waals surface area (Å²) in [6, 6.07) is 6.48. The fourth-order valence-electron chi connectivity index (χ4n) is 2.58. The summed E-state index contributed by atoms with van der Waals surface area (Å²) < 4.78 is 37.4. The number of aromatic nitrogens is 1. The maximum atomic E-state index is 12.7. The van der Waals surface area contributed by atoms with E-state index in [1.165, 1.54) is 4.31 Å². The zero-order valence-corrected chi connectivity index (χ0v) is 13.4. The monoisotopic (exact) mass is 322 g/mol. The molecule has 0 saturated carbocycles. The standard InChI is InChI=1S/C15H18N2O4S/c1-3-20-12-4-6-13(7-5-12)22(18,19)17-9-8-14-11(2)16-21-15(14)10-17/h4-7H,3,8-10H2,1-2H3. The Bertz CT molecular complexity index is 765. The summed E-state index contributed by atoms with van der Waals surface area (Å²) in [6.07, 6.45) is 0.626. The van der Waals surface area contributed by atoms with Crippen molar-refractivity contribution < 1.29 is 17.7 Å². The van der Waals surface area contributed by atoms with Gasteiger partial charge < -0.3 is 9.26 Å². The average molecular weight is 322 g/mol. The van der Waals surface area contributed by atoms with E-state index in [-0.39, 0.29) is 11.4 Å². The van der Waals surface area contributed by atoms with Crippen LogP contribution in [0.2, 0.25) is 0 Å². The van der Waals surface area contributed by atoms with Crippen LogP contribution in [0.5, 0.6) is 5.75 Å². The predicted molar refractivity (Wildman–Crippen MR) is 80.2 cm³/mol. The first kappa shape index (κ1) is 15.1. The van der Waals surface area contributed by atoms with Crippen LogP contribution in [0.15, 0.2) is 33.7 Å². The van der Waals surface area contributed by atoms with Gasteiger partial charge in [-0.05, 0) is 44.5 Å². The van der Waals surface area contributed by atoms with Gasteiger partial charge in [0.1, 0.15) is 5.75 Å². The van der Waals surface area contributed by atoms with Crippen molar-refractivity contribution in [3.63, 3.8) is 0 Å². The fraction of sp³-hybridized carbons (Fsp3) is 0.400. The van der Waals surface area contributed by atoms with Gasteiger partial charge in [0.2, 0.25) is 10.0 Å². The summed E-state index contributed by atoms with van der Waals surface area (Å²) in [5.74, 6) is 1.30.